The molecule has 3 amide bonds. The fraction of sp³-hybridized carbons (Fsp3) is 0.389. The highest BCUT2D eigenvalue weighted by molar-refractivity contribution is 6.24. The predicted octanol–water partition coefficient (Wildman–Crippen LogP) is 0.899. The van der Waals surface area contributed by atoms with Crippen molar-refractivity contribution < 1.29 is 29.1 Å². The molecular formula is C18H23N3O6. The Morgan fingerprint density at radius 2 is 1.89 bits per heavy atom. The Bertz CT molecular complexity index is 747. The number of carboxylic acid groups (broad SMARTS) is 1. The highest BCUT2D eigenvalue weighted by atomic mass is 16.4. The lowest BCUT2D eigenvalue weighted by Crippen LogP contribution is -2.41. The van der Waals surface area contributed by atoms with Gasteiger partial charge in [0, 0.05) is 19.2 Å². The van der Waals surface area contributed by atoms with E-state index in [0.29, 0.717) is 6.29 Å². The third-order valence-corrected chi connectivity index (χ3v) is 3.81. The number of carbonyl (C=O) groups excluding carboxylic acids is 4. The van der Waals surface area contributed by atoms with Crippen LogP contribution in [0.5, 0.6) is 0 Å². The number of hydrogen-bond donors (Lipinski definition) is 3. The summed E-state index contributed by atoms with van der Waals surface area (Å²) in [7, 11) is 1.45. The van der Waals surface area contributed by atoms with Crippen molar-refractivity contribution in [2.45, 2.75) is 32.7 Å². The molecule has 1 heterocycles. The number of aldehydes is 1. The first-order valence-corrected chi connectivity index (χ1v) is 8.53. The molecule has 146 valence electrons. The van der Waals surface area contributed by atoms with Gasteiger partial charge in [-0.2, -0.15) is 0 Å². The molecular weight excluding hydrogens is 354 g/mol. The third kappa shape index (κ3) is 4.90. The number of nitrogens with one attached hydrogen (secondary N) is 2. The molecule has 0 fully saturated rings. The zero-order valence-electron chi connectivity index (χ0n) is 15.4. The van der Waals surface area contributed by atoms with E-state index < -0.39 is 30.4 Å². The van der Waals surface area contributed by atoms with Crippen LogP contribution in [-0.2, 0) is 14.4 Å². The molecule has 0 aromatic heterocycles. The lowest BCUT2D eigenvalue weighted by molar-refractivity contribution is -0.135. The van der Waals surface area contributed by atoms with Gasteiger partial charge in [-0.15, -0.1) is 0 Å². The van der Waals surface area contributed by atoms with Gasteiger partial charge in [0.05, 0.1) is 17.2 Å². The second kappa shape index (κ2) is 10.0. The number of nitrogens with zero attached hydrogens (tertiary/aromatic N) is 1. The summed E-state index contributed by atoms with van der Waals surface area (Å²) in [5, 5.41) is 13.7. The summed E-state index contributed by atoms with van der Waals surface area (Å²) in [6.45, 7) is 3.58. The second-order valence-corrected chi connectivity index (χ2v) is 5.37. The largest absolute Gasteiger partial charge is 0.480 e. The minimum absolute atomic E-state index is 0.00648. The van der Waals surface area contributed by atoms with Crippen molar-refractivity contribution in [3.8, 4) is 0 Å². The monoisotopic (exact) mass is 377 g/mol. The van der Waals surface area contributed by atoms with Crippen LogP contribution in [0, 0.1) is 0 Å². The minimum atomic E-state index is -1.12. The molecule has 1 aromatic carbocycles. The van der Waals surface area contributed by atoms with Crippen LogP contribution in [0.25, 0.3) is 0 Å². The molecule has 1 aliphatic heterocycles. The van der Waals surface area contributed by atoms with E-state index >= 15 is 0 Å². The lowest BCUT2D eigenvalue weighted by atomic mass is 10.1. The average Bonchev–Trinajstić information content (AvgIpc) is 2.93. The summed E-state index contributed by atoms with van der Waals surface area (Å²) in [4.78, 5) is 59.4. The van der Waals surface area contributed by atoms with E-state index in [-0.39, 0.29) is 35.6 Å². The van der Waals surface area contributed by atoms with Gasteiger partial charge in [0.25, 0.3) is 11.8 Å². The van der Waals surface area contributed by atoms with E-state index in [0.717, 1.165) is 4.90 Å². The third-order valence-electron chi connectivity index (χ3n) is 3.81. The number of amides is 3. The molecule has 0 bridgehead atoms. The van der Waals surface area contributed by atoms with Crippen molar-refractivity contribution in [3.63, 3.8) is 0 Å². The van der Waals surface area contributed by atoms with Crippen molar-refractivity contribution in [3.05, 3.63) is 29.3 Å². The number of aliphatic carboxylic acids is 1. The molecule has 0 aliphatic carbocycles. The Morgan fingerprint density at radius 3 is 2.44 bits per heavy atom. The maximum atomic E-state index is 12.6. The van der Waals surface area contributed by atoms with Crippen LogP contribution in [0.3, 0.4) is 0 Å². The van der Waals surface area contributed by atoms with Gasteiger partial charge in [0.2, 0.25) is 5.91 Å². The second-order valence-electron chi connectivity index (χ2n) is 5.37. The number of imide groups is 1. The van der Waals surface area contributed by atoms with E-state index in [1.807, 2.05) is 13.8 Å². The van der Waals surface area contributed by atoms with Gasteiger partial charge < -0.3 is 20.5 Å². The number of rotatable bonds is 8. The van der Waals surface area contributed by atoms with Crippen molar-refractivity contribution >= 4 is 35.7 Å². The zero-order valence-corrected chi connectivity index (χ0v) is 15.4. The number of hydrogen-bond acceptors (Lipinski definition) is 6. The summed E-state index contributed by atoms with van der Waals surface area (Å²) in [5.74, 6) is -2.77. The number of benzene rings is 1. The van der Waals surface area contributed by atoms with Crippen molar-refractivity contribution in [1.29, 1.82) is 0 Å². The highest BCUT2D eigenvalue weighted by Crippen LogP contribution is 2.31. The van der Waals surface area contributed by atoms with E-state index in [1.54, 1.807) is 0 Å². The van der Waals surface area contributed by atoms with Gasteiger partial charge in [-0.05, 0) is 18.6 Å². The van der Waals surface area contributed by atoms with Gasteiger partial charge >= 0.3 is 5.97 Å². The first-order valence-electron chi connectivity index (χ1n) is 8.53. The summed E-state index contributed by atoms with van der Waals surface area (Å²) in [5.41, 5.74) is 0.324. The van der Waals surface area contributed by atoms with Crippen LogP contribution in [0.2, 0.25) is 0 Å². The van der Waals surface area contributed by atoms with Gasteiger partial charge in [0.1, 0.15) is 12.8 Å². The molecule has 27 heavy (non-hydrogen) atoms. The van der Waals surface area contributed by atoms with E-state index in [1.165, 1.54) is 25.2 Å². The molecule has 9 heteroatoms. The molecule has 0 saturated carbocycles. The van der Waals surface area contributed by atoms with Gasteiger partial charge in [-0.25, -0.2) is 0 Å². The van der Waals surface area contributed by atoms with Crippen LogP contribution in [-0.4, -0.2) is 59.6 Å². The number of carboxylic acids is 1. The molecule has 9 nitrogen and oxygen atoms in total. The minimum Gasteiger partial charge on any atom is -0.480 e. The summed E-state index contributed by atoms with van der Waals surface area (Å²) >= 11 is 0. The van der Waals surface area contributed by atoms with E-state index in [2.05, 4.69) is 10.6 Å². The first kappa shape index (κ1) is 21.8. The average molecular weight is 377 g/mol. The van der Waals surface area contributed by atoms with Crippen molar-refractivity contribution in [1.82, 2.24) is 10.2 Å². The van der Waals surface area contributed by atoms with Crippen molar-refractivity contribution in [2.75, 3.05) is 18.9 Å². The van der Waals surface area contributed by atoms with Crippen LogP contribution < -0.4 is 10.6 Å². The SMILES string of the molecule is CC.CNC(=O)CCC(C=O)N1C(=O)c2cccc(NCC(=O)O)c2C1=O. The maximum absolute atomic E-state index is 12.6. The highest BCUT2D eigenvalue weighted by Gasteiger charge is 2.41. The normalized spacial score (nSPS) is 13.2. The molecule has 1 aliphatic rings. The molecule has 2 rings (SSSR count). The predicted molar refractivity (Wildman–Crippen MR) is 97.6 cm³/mol. The Morgan fingerprint density at radius 1 is 1.22 bits per heavy atom. The molecule has 3 N–H and O–H groups in total. The van der Waals surface area contributed by atoms with Crippen molar-refractivity contribution in [2.24, 2.45) is 0 Å². The molecule has 0 spiro atoms. The lowest BCUT2D eigenvalue weighted by Gasteiger charge is -2.21. The number of carbonyl (C=O) groups is 5. The van der Waals surface area contributed by atoms with E-state index in [9.17, 15) is 24.0 Å². The Labute approximate surface area is 156 Å². The fourth-order valence-corrected chi connectivity index (χ4v) is 2.58. The van der Waals surface area contributed by atoms with Crippen LogP contribution >= 0.6 is 0 Å². The van der Waals surface area contributed by atoms with Gasteiger partial charge in [-0.1, -0.05) is 19.9 Å². The Balaban J connectivity index is 0.00000176. The molecule has 0 radical (unpaired) electrons. The first-order chi connectivity index (χ1) is 12.9. The molecule has 1 aromatic rings. The van der Waals surface area contributed by atoms with Crippen LogP contribution in [0.4, 0.5) is 5.69 Å². The Kier molecular flexibility index (Phi) is 8.12. The molecule has 1 atom stereocenters. The summed E-state index contributed by atoms with van der Waals surface area (Å²) in [6.07, 6.45) is 0.443. The zero-order chi connectivity index (χ0) is 20.6. The smallest absolute Gasteiger partial charge is 0.322 e. The number of anilines is 1. The molecule has 0 saturated heterocycles. The summed E-state index contributed by atoms with van der Waals surface area (Å²) in [6, 6.07) is 3.36. The van der Waals surface area contributed by atoms with Crippen LogP contribution in [0.15, 0.2) is 18.2 Å². The standard InChI is InChI=1S/C16H17N3O6.C2H6/c1-17-12(21)6-5-9(8-20)19-15(24)10-3-2-4-11(14(10)16(19)25)18-7-13(22)23;1-2/h2-4,8-9,18H,5-7H2,1H3,(H,17,21)(H,22,23);1-2H3. The quantitative estimate of drug-likeness (QED) is 0.453. The topological polar surface area (TPSA) is 133 Å². The number of fused-ring (bicyclic) bond motifs is 1. The summed E-state index contributed by atoms with van der Waals surface area (Å²) < 4.78 is 0. The molecule has 1 unspecified atom stereocenters. The maximum Gasteiger partial charge on any atom is 0.322 e. The van der Waals surface area contributed by atoms with Gasteiger partial charge in [-0.3, -0.25) is 24.1 Å². The van der Waals surface area contributed by atoms with Crippen LogP contribution in [0.1, 0.15) is 47.4 Å². The van der Waals surface area contributed by atoms with E-state index in [4.69, 9.17) is 5.11 Å². The Hall–Kier alpha value is -3.23. The fourth-order valence-electron chi connectivity index (χ4n) is 2.58. The van der Waals surface area contributed by atoms with Gasteiger partial charge in [0.15, 0.2) is 0 Å².